The minimum atomic E-state index is -5.86. The van der Waals surface area contributed by atoms with Crippen molar-refractivity contribution >= 4 is 0 Å². The first-order valence-corrected chi connectivity index (χ1v) is 3.24. The van der Waals surface area contributed by atoms with Gasteiger partial charge in [-0.25, -0.2) is 0 Å². The van der Waals surface area contributed by atoms with E-state index in [4.69, 9.17) is 10.5 Å². The van der Waals surface area contributed by atoms with Crippen LogP contribution in [0.4, 0.5) is 26.3 Å². The number of alkyl halides is 6. The van der Waals surface area contributed by atoms with Gasteiger partial charge < -0.3 is 4.74 Å². The van der Waals surface area contributed by atoms with Crippen LogP contribution in [0.3, 0.4) is 0 Å². The lowest BCUT2D eigenvalue weighted by molar-refractivity contribution is -0.292. The summed E-state index contributed by atoms with van der Waals surface area (Å²) in [6.07, 6.45) is -11.7. The van der Waals surface area contributed by atoms with Gasteiger partial charge >= 0.3 is 18.0 Å². The first-order chi connectivity index (χ1) is 6.58. The van der Waals surface area contributed by atoms with E-state index in [-0.39, 0.29) is 0 Å². The van der Waals surface area contributed by atoms with Gasteiger partial charge in [0.1, 0.15) is 12.1 Å². The van der Waals surface area contributed by atoms with E-state index in [9.17, 15) is 26.3 Å². The molecule has 0 aromatic rings. The average Bonchev–Trinajstić information content (AvgIpc) is 2.73. The Kier molecular flexibility index (Phi) is 1.97. The first kappa shape index (κ1) is 11.6. The Morgan fingerprint density at radius 1 is 0.867 bits per heavy atom. The van der Waals surface area contributed by atoms with Gasteiger partial charge in [-0.15, -0.1) is 0 Å². The molecule has 0 amide bonds. The lowest BCUT2D eigenvalue weighted by Crippen LogP contribution is -2.51. The predicted molar refractivity (Wildman–Crippen MR) is 29.9 cm³/mol. The largest absolute Gasteiger partial charge is 0.431 e. The van der Waals surface area contributed by atoms with E-state index in [1.165, 1.54) is 0 Å². The van der Waals surface area contributed by atoms with Crippen LogP contribution in [0.25, 0.3) is 0 Å². The minimum Gasteiger partial charge on any atom is -0.316 e. The summed E-state index contributed by atoms with van der Waals surface area (Å²) in [5.41, 5.74) is -8.21. The van der Waals surface area contributed by atoms with Crippen molar-refractivity contribution in [3.05, 3.63) is 0 Å². The van der Waals surface area contributed by atoms with Crippen molar-refractivity contribution in [2.45, 2.75) is 23.6 Å². The first-order valence-electron chi connectivity index (χ1n) is 3.24. The van der Waals surface area contributed by atoms with E-state index >= 15 is 0 Å². The zero-order valence-electron chi connectivity index (χ0n) is 6.57. The molecule has 0 aromatic carbocycles. The molecule has 15 heavy (non-hydrogen) atoms. The zero-order chi connectivity index (χ0) is 12.1. The summed E-state index contributed by atoms with van der Waals surface area (Å²) in [7, 11) is 0. The quantitative estimate of drug-likeness (QED) is 0.469. The Balaban J connectivity index is 3.33. The van der Waals surface area contributed by atoms with E-state index in [2.05, 4.69) is 4.74 Å². The van der Waals surface area contributed by atoms with Crippen LogP contribution in [-0.2, 0) is 4.74 Å². The molecule has 3 nitrogen and oxygen atoms in total. The van der Waals surface area contributed by atoms with Crippen molar-refractivity contribution in [2.24, 2.45) is 0 Å². The highest BCUT2D eigenvalue weighted by molar-refractivity contribution is 5.42. The van der Waals surface area contributed by atoms with Crippen molar-refractivity contribution in [2.75, 3.05) is 0 Å². The second-order valence-electron chi connectivity index (χ2n) is 2.68. The van der Waals surface area contributed by atoms with Gasteiger partial charge in [-0.3, -0.25) is 0 Å². The minimum absolute atomic E-state index is 0.583. The van der Waals surface area contributed by atoms with Gasteiger partial charge in [-0.05, 0) is 0 Å². The van der Waals surface area contributed by atoms with Crippen LogP contribution in [0, 0.1) is 22.7 Å². The highest BCUT2D eigenvalue weighted by Gasteiger charge is 2.96. The van der Waals surface area contributed by atoms with Crippen molar-refractivity contribution in [3.8, 4) is 12.1 Å². The van der Waals surface area contributed by atoms with Gasteiger partial charge in [-0.2, -0.15) is 36.9 Å². The molecule has 0 aliphatic carbocycles. The Hall–Kier alpha value is -1.48. The summed E-state index contributed by atoms with van der Waals surface area (Å²) in [5.74, 6) is 0. The number of nitrogens with zero attached hydrogens (tertiary/aromatic N) is 2. The van der Waals surface area contributed by atoms with E-state index in [1.807, 2.05) is 0 Å². The SMILES string of the molecule is N#CC1(C#N)OC1(C(F)(F)F)C(F)(F)F. The number of hydrogen-bond acceptors (Lipinski definition) is 3. The molecule has 1 heterocycles. The van der Waals surface area contributed by atoms with Gasteiger partial charge in [0.2, 0.25) is 0 Å². The lowest BCUT2D eigenvalue weighted by Gasteiger charge is -2.19. The van der Waals surface area contributed by atoms with Crippen LogP contribution in [0.5, 0.6) is 0 Å². The summed E-state index contributed by atoms with van der Waals surface area (Å²) in [4.78, 5) is 0. The molecule has 0 radical (unpaired) electrons. The van der Waals surface area contributed by atoms with Crippen molar-refractivity contribution in [1.29, 1.82) is 10.5 Å². The number of hydrogen-bond donors (Lipinski definition) is 0. The fourth-order valence-electron chi connectivity index (χ4n) is 1.11. The summed E-state index contributed by atoms with van der Waals surface area (Å²) < 4.78 is 76.0. The molecule has 1 aliphatic rings. The molecule has 0 unspecified atom stereocenters. The van der Waals surface area contributed by atoms with E-state index in [1.54, 1.807) is 0 Å². The molecular weight excluding hydrogens is 230 g/mol. The molecule has 1 rings (SSSR count). The van der Waals surface area contributed by atoms with Crippen LogP contribution >= 0.6 is 0 Å². The Labute approximate surface area is 78.5 Å². The van der Waals surface area contributed by atoms with Gasteiger partial charge in [-0.1, -0.05) is 0 Å². The zero-order valence-corrected chi connectivity index (χ0v) is 6.57. The maximum absolute atomic E-state index is 12.1. The third-order valence-electron chi connectivity index (χ3n) is 1.87. The summed E-state index contributed by atoms with van der Waals surface area (Å²) >= 11 is 0. The van der Waals surface area contributed by atoms with Crippen LogP contribution in [-0.4, -0.2) is 23.6 Å². The van der Waals surface area contributed by atoms with E-state index in [0.717, 1.165) is 0 Å². The van der Waals surface area contributed by atoms with Gasteiger partial charge in [0.25, 0.3) is 5.60 Å². The van der Waals surface area contributed by atoms with E-state index < -0.39 is 23.6 Å². The van der Waals surface area contributed by atoms with Gasteiger partial charge in [0.05, 0.1) is 0 Å². The molecule has 9 heteroatoms. The molecule has 82 valence electrons. The summed E-state index contributed by atoms with van der Waals surface area (Å²) in [6.45, 7) is 0. The van der Waals surface area contributed by atoms with Crippen LogP contribution in [0.2, 0.25) is 0 Å². The average molecular weight is 230 g/mol. The smallest absolute Gasteiger partial charge is 0.316 e. The molecule has 1 aliphatic heterocycles. The molecule has 1 fully saturated rings. The number of nitriles is 2. The second-order valence-corrected chi connectivity index (χ2v) is 2.68. The van der Waals surface area contributed by atoms with Crippen LogP contribution in [0.15, 0.2) is 0 Å². The highest BCUT2D eigenvalue weighted by Crippen LogP contribution is 2.64. The third kappa shape index (κ3) is 1.10. The predicted octanol–water partition coefficient (Wildman–Crippen LogP) is 1.67. The number of rotatable bonds is 0. The highest BCUT2D eigenvalue weighted by atomic mass is 19.4. The summed E-state index contributed by atoms with van der Waals surface area (Å²) in [6, 6.07) is 1.17. The topological polar surface area (TPSA) is 60.1 Å². The maximum Gasteiger partial charge on any atom is 0.431 e. The van der Waals surface area contributed by atoms with Gasteiger partial charge in [0.15, 0.2) is 0 Å². The van der Waals surface area contributed by atoms with E-state index in [0.29, 0.717) is 12.1 Å². The number of ether oxygens (including phenoxy) is 1. The lowest BCUT2D eigenvalue weighted by atomic mass is 9.94. The number of epoxide rings is 1. The molecule has 0 atom stereocenters. The Morgan fingerprint density at radius 2 is 1.20 bits per heavy atom. The van der Waals surface area contributed by atoms with Crippen molar-refractivity contribution in [3.63, 3.8) is 0 Å². The Bertz CT molecular complexity index is 341. The monoisotopic (exact) mass is 230 g/mol. The molecule has 1 saturated heterocycles. The molecular formula is C6F6N2O. The molecule has 0 spiro atoms. The molecule has 0 saturated carbocycles. The maximum atomic E-state index is 12.1. The number of halogens is 6. The standard InChI is InChI=1S/C6F6N2O/c7-5(8,9)4(6(10,11)12)3(1-13,2-14)15-4. The third-order valence-corrected chi connectivity index (χ3v) is 1.87. The normalized spacial score (nSPS) is 22.7. The fraction of sp³-hybridized carbons (Fsp3) is 0.667. The van der Waals surface area contributed by atoms with Crippen molar-refractivity contribution < 1.29 is 31.1 Å². The second kappa shape index (κ2) is 2.55. The van der Waals surface area contributed by atoms with Crippen LogP contribution in [0.1, 0.15) is 0 Å². The fourth-order valence-corrected chi connectivity index (χ4v) is 1.11. The Morgan fingerprint density at radius 3 is 1.27 bits per heavy atom. The van der Waals surface area contributed by atoms with Gasteiger partial charge in [0, 0.05) is 0 Å². The molecule has 0 aromatic heterocycles. The summed E-state index contributed by atoms with van der Waals surface area (Å²) in [5, 5.41) is 16.2. The van der Waals surface area contributed by atoms with Crippen LogP contribution < -0.4 is 0 Å². The molecule has 0 N–H and O–H groups in total. The molecule has 0 bridgehead atoms. The van der Waals surface area contributed by atoms with Crippen molar-refractivity contribution in [1.82, 2.24) is 0 Å².